The van der Waals surface area contributed by atoms with Gasteiger partial charge in [0.2, 0.25) is 0 Å². The van der Waals surface area contributed by atoms with Crippen LogP contribution < -0.4 is 5.73 Å². The van der Waals surface area contributed by atoms with Crippen LogP contribution in [0.1, 0.15) is 39.5 Å². The third-order valence-electron chi connectivity index (χ3n) is 1.76. The maximum Gasteiger partial charge on any atom is 0.121 e. The first-order valence-electron chi connectivity index (χ1n) is 4.37. The Kier molecular flexibility index (Phi) is 5.09. The van der Waals surface area contributed by atoms with Crippen LogP contribution in [0.5, 0.6) is 0 Å². The Labute approximate surface area is 74.0 Å². The van der Waals surface area contributed by atoms with Crippen LogP contribution in [0.25, 0.3) is 0 Å². The molecule has 0 saturated heterocycles. The van der Waals surface area contributed by atoms with Crippen molar-refractivity contribution in [2.75, 3.05) is 0 Å². The first-order chi connectivity index (χ1) is 5.45. The van der Waals surface area contributed by atoms with Crippen molar-refractivity contribution in [3.8, 4) is 0 Å². The van der Waals surface area contributed by atoms with Crippen LogP contribution in [0.4, 0.5) is 0 Å². The molecule has 3 nitrogen and oxygen atoms in total. The molecule has 0 aromatic carbocycles. The van der Waals surface area contributed by atoms with E-state index in [1.54, 1.807) is 13.8 Å². The zero-order valence-corrected chi connectivity index (χ0v) is 7.92. The Morgan fingerprint density at radius 3 is 2.58 bits per heavy atom. The molecule has 0 bridgehead atoms. The molecule has 0 fully saturated rings. The van der Waals surface area contributed by atoms with Gasteiger partial charge in [0.25, 0.3) is 0 Å². The van der Waals surface area contributed by atoms with E-state index in [0.717, 1.165) is 25.5 Å². The lowest BCUT2D eigenvalue weighted by Gasteiger charge is -2.17. The summed E-state index contributed by atoms with van der Waals surface area (Å²) in [4.78, 5) is 10.0. The topological polar surface area (TPSA) is 63.3 Å². The third kappa shape index (κ3) is 7.69. The average molecular weight is 173 g/mol. The van der Waals surface area contributed by atoms with E-state index in [-0.39, 0.29) is 6.04 Å². The first kappa shape index (κ1) is 11.6. The van der Waals surface area contributed by atoms with Crippen LogP contribution in [0.3, 0.4) is 0 Å². The molecular formula is C9H19NO2. The van der Waals surface area contributed by atoms with Crippen molar-refractivity contribution in [1.29, 1.82) is 0 Å². The molecule has 0 spiro atoms. The van der Waals surface area contributed by atoms with Crippen LogP contribution >= 0.6 is 0 Å². The second-order valence-electron chi connectivity index (χ2n) is 3.87. The highest BCUT2D eigenvalue weighted by molar-refractivity contribution is 5.50. The van der Waals surface area contributed by atoms with Gasteiger partial charge in [-0.15, -0.1) is 0 Å². The summed E-state index contributed by atoms with van der Waals surface area (Å²) in [6, 6.07) is -0.0372. The molecule has 0 aliphatic rings. The van der Waals surface area contributed by atoms with Crippen molar-refractivity contribution in [3.05, 3.63) is 0 Å². The second-order valence-corrected chi connectivity index (χ2v) is 3.87. The van der Waals surface area contributed by atoms with Crippen molar-refractivity contribution >= 4 is 6.29 Å². The van der Waals surface area contributed by atoms with Crippen LogP contribution in [0.2, 0.25) is 0 Å². The molecule has 0 aliphatic carbocycles. The molecule has 12 heavy (non-hydrogen) atoms. The number of nitrogens with two attached hydrogens (primary N) is 1. The lowest BCUT2D eigenvalue weighted by atomic mass is 9.99. The van der Waals surface area contributed by atoms with E-state index in [0.29, 0.717) is 6.42 Å². The molecule has 0 amide bonds. The van der Waals surface area contributed by atoms with E-state index in [4.69, 9.17) is 5.73 Å². The van der Waals surface area contributed by atoms with E-state index in [9.17, 15) is 9.90 Å². The molecule has 3 N–H and O–H groups in total. The molecule has 0 unspecified atom stereocenters. The fraction of sp³-hybridized carbons (Fsp3) is 0.889. The summed E-state index contributed by atoms with van der Waals surface area (Å²) < 4.78 is 0. The number of carbonyl (C=O) groups is 1. The molecule has 0 radical (unpaired) electrons. The Morgan fingerprint density at radius 2 is 2.17 bits per heavy atom. The van der Waals surface area contributed by atoms with Gasteiger partial charge in [0.1, 0.15) is 6.29 Å². The van der Waals surface area contributed by atoms with Crippen LogP contribution in [-0.2, 0) is 4.79 Å². The molecule has 0 saturated carbocycles. The molecule has 72 valence electrons. The average Bonchev–Trinajstić information content (AvgIpc) is 1.84. The van der Waals surface area contributed by atoms with E-state index < -0.39 is 5.60 Å². The predicted octanol–water partition coefficient (Wildman–Crippen LogP) is 0.844. The van der Waals surface area contributed by atoms with Gasteiger partial charge in [-0.1, -0.05) is 0 Å². The Morgan fingerprint density at radius 1 is 1.58 bits per heavy atom. The molecule has 0 rings (SSSR count). The van der Waals surface area contributed by atoms with Crippen molar-refractivity contribution < 1.29 is 9.90 Å². The SMILES string of the molecule is CC(C)(O)CCC[C@H](N)CC=O. The van der Waals surface area contributed by atoms with Crippen LogP contribution in [-0.4, -0.2) is 23.0 Å². The third-order valence-corrected chi connectivity index (χ3v) is 1.76. The number of rotatable bonds is 6. The highest BCUT2D eigenvalue weighted by Crippen LogP contribution is 2.12. The summed E-state index contributed by atoms with van der Waals surface area (Å²) in [5.74, 6) is 0. The lowest BCUT2D eigenvalue weighted by molar-refractivity contribution is -0.108. The Bertz CT molecular complexity index is 129. The number of hydrogen-bond donors (Lipinski definition) is 2. The molecule has 0 aromatic heterocycles. The van der Waals surface area contributed by atoms with Gasteiger partial charge in [0, 0.05) is 12.5 Å². The van der Waals surface area contributed by atoms with Crippen molar-refractivity contribution in [1.82, 2.24) is 0 Å². The summed E-state index contributed by atoms with van der Waals surface area (Å²) in [5, 5.41) is 9.35. The minimum atomic E-state index is -0.610. The van der Waals surface area contributed by atoms with Gasteiger partial charge in [-0.25, -0.2) is 0 Å². The summed E-state index contributed by atoms with van der Waals surface area (Å²) in [5.41, 5.74) is 4.99. The van der Waals surface area contributed by atoms with Crippen molar-refractivity contribution in [2.24, 2.45) is 5.73 Å². The first-order valence-corrected chi connectivity index (χ1v) is 4.37. The van der Waals surface area contributed by atoms with Gasteiger partial charge in [-0.3, -0.25) is 0 Å². The van der Waals surface area contributed by atoms with Gasteiger partial charge < -0.3 is 15.6 Å². The summed E-state index contributed by atoms with van der Waals surface area (Å²) in [6.45, 7) is 3.55. The fourth-order valence-electron chi connectivity index (χ4n) is 1.04. The fourth-order valence-corrected chi connectivity index (χ4v) is 1.04. The summed E-state index contributed by atoms with van der Waals surface area (Å²) in [7, 11) is 0. The maximum atomic E-state index is 10.0. The molecule has 0 aliphatic heterocycles. The Hall–Kier alpha value is -0.410. The minimum absolute atomic E-state index is 0.0372. The second kappa shape index (κ2) is 5.27. The van der Waals surface area contributed by atoms with Crippen molar-refractivity contribution in [2.45, 2.75) is 51.2 Å². The molecule has 3 heteroatoms. The largest absolute Gasteiger partial charge is 0.390 e. The van der Waals surface area contributed by atoms with Crippen molar-refractivity contribution in [3.63, 3.8) is 0 Å². The van der Waals surface area contributed by atoms with Crippen LogP contribution in [0, 0.1) is 0 Å². The molecule has 1 atom stereocenters. The monoisotopic (exact) mass is 173 g/mol. The van der Waals surface area contributed by atoms with E-state index in [1.807, 2.05) is 0 Å². The number of aliphatic hydroxyl groups is 1. The number of carbonyl (C=O) groups excluding carboxylic acids is 1. The predicted molar refractivity (Wildman–Crippen MR) is 48.8 cm³/mol. The highest BCUT2D eigenvalue weighted by atomic mass is 16.3. The molecule has 0 heterocycles. The number of hydrogen-bond acceptors (Lipinski definition) is 3. The van der Waals surface area contributed by atoms with Gasteiger partial charge in [0.05, 0.1) is 5.60 Å². The lowest BCUT2D eigenvalue weighted by Crippen LogP contribution is -2.23. The van der Waals surface area contributed by atoms with Crippen LogP contribution in [0.15, 0.2) is 0 Å². The Balaban J connectivity index is 3.36. The zero-order valence-electron chi connectivity index (χ0n) is 7.92. The van der Waals surface area contributed by atoms with Gasteiger partial charge in [0.15, 0.2) is 0 Å². The molecule has 0 aromatic rings. The van der Waals surface area contributed by atoms with E-state index in [2.05, 4.69) is 0 Å². The zero-order chi connectivity index (χ0) is 9.61. The highest BCUT2D eigenvalue weighted by Gasteiger charge is 2.12. The van der Waals surface area contributed by atoms with E-state index in [1.165, 1.54) is 0 Å². The standard InChI is InChI=1S/C9H19NO2/c1-9(2,12)6-3-4-8(10)5-7-11/h7-8,12H,3-6,10H2,1-2H3/t8-/m0/s1. The number of aldehydes is 1. The normalized spacial score (nSPS) is 14.3. The smallest absolute Gasteiger partial charge is 0.121 e. The van der Waals surface area contributed by atoms with E-state index >= 15 is 0 Å². The quantitative estimate of drug-likeness (QED) is 0.585. The summed E-state index contributed by atoms with van der Waals surface area (Å²) >= 11 is 0. The minimum Gasteiger partial charge on any atom is -0.390 e. The maximum absolute atomic E-state index is 10.0. The summed E-state index contributed by atoms with van der Waals surface area (Å²) in [6.07, 6.45) is 3.68. The van der Waals surface area contributed by atoms with Gasteiger partial charge >= 0.3 is 0 Å². The molecular weight excluding hydrogens is 154 g/mol. The van der Waals surface area contributed by atoms with Gasteiger partial charge in [-0.05, 0) is 33.1 Å². The van der Waals surface area contributed by atoms with Gasteiger partial charge in [-0.2, -0.15) is 0 Å².